The predicted molar refractivity (Wildman–Crippen MR) is 30.4 cm³/mol. The number of ether oxygens (including phenoxy) is 1. The third-order valence-corrected chi connectivity index (χ3v) is 0.956. The summed E-state index contributed by atoms with van der Waals surface area (Å²) in [4.78, 5) is 0. The highest BCUT2D eigenvalue weighted by Gasteiger charge is 2.41. The summed E-state index contributed by atoms with van der Waals surface area (Å²) in [6, 6.07) is 0. The van der Waals surface area contributed by atoms with Crippen LogP contribution in [-0.4, -0.2) is 19.5 Å². The zero-order valence-corrected chi connectivity index (χ0v) is 6.55. The first-order valence-corrected chi connectivity index (χ1v) is 2.94. The molecule has 0 rings (SSSR count). The fourth-order valence-electron chi connectivity index (χ4n) is 0.397. The molecule has 0 atom stereocenters. The Balaban J connectivity index is 4.77. The summed E-state index contributed by atoms with van der Waals surface area (Å²) in [6.45, 7) is 0. The van der Waals surface area contributed by atoms with E-state index in [2.05, 4.69) is 4.74 Å². The van der Waals surface area contributed by atoms with Crippen molar-refractivity contribution in [3.8, 4) is 0 Å². The second-order valence-corrected chi connectivity index (χ2v) is 1.97. The van der Waals surface area contributed by atoms with Gasteiger partial charge in [0, 0.05) is 7.11 Å². The van der Waals surface area contributed by atoms with Crippen LogP contribution in [0.25, 0.3) is 0 Å². The second-order valence-electron chi connectivity index (χ2n) is 1.97. The van der Waals surface area contributed by atoms with Gasteiger partial charge in [0.2, 0.25) is 5.95 Å². The minimum atomic E-state index is -5.34. The third-order valence-electron chi connectivity index (χ3n) is 0.956. The standard InChI is InChI=1S/C5H4F7NO/c1-14-4(8,9)2(6)3(7)13-5(10,11)12/h13H,1H3/b3-2-. The Hall–Kier alpha value is -0.990. The van der Waals surface area contributed by atoms with E-state index in [0.717, 1.165) is 0 Å². The summed E-state index contributed by atoms with van der Waals surface area (Å²) >= 11 is 0. The van der Waals surface area contributed by atoms with Crippen LogP contribution < -0.4 is 5.32 Å². The molecule has 0 unspecified atom stereocenters. The zero-order chi connectivity index (χ0) is 11.6. The molecule has 0 spiro atoms. The molecule has 1 N–H and O–H groups in total. The molecule has 2 nitrogen and oxygen atoms in total. The summed E-state index contributed by atoms with van der Waals surface area (Å²) in [5, 5.41) is -0.0628. The Morgan fingerprint density at radius 2 is 1.50 bits per heavy atom. The predicted octanol–water partition coefficient (Wildman–Crippen LogP) is 2.44. The maximum absolute atomic E-state index is 12.2. The van der Waals surface area contributed by atoms with Crippen LogP contribution in [0, 0.1) is 0 Å². The molecule has 0 saturated carbocycles. The lowest BCUT2D eigenvalue weighted by Crippen LogP contribution is -2.32. The van der Waals surface area contributed by atoms with Gasteiger partial charge < -0.3 is 4.74 Å². The second kappa shape index (κ2) is 4.03. The maximum Gasteiger partial charge on any atom is 0.484 e. The van der Waals surface area contributed by atoms with Crippen molar-refractivity contribution in [1.29, 1.82) is 0 Å². The highest BCUT2D eigenvalue weighted by molar-refractivity contribution is 5.04. The lowest BCUT2D eigenvalue weighted by molar-refractivity contribution is -0.206. The summed E-state index contributed by atoms with van der Waals surface area (Å²) in [7, 11) is 0.306. The van der Waals surface area contributed by atoms with E-state index in [0.29, 0.717) is 7.11 Å². The molecule has 0 fully saturated rings. The van der Waals surface area contributed by atoms with E-state index < -0.39 is 24.2 Å². The van der Waals surface area contributed by atoms with E-state index in [1.54, 1.807) is 0 Å². The molecule has 0 aromatic rings. The summed E-state index contributed by atoms with van der Waals surface area (Å²) in [5.74, 6) is -5.82. The molecule has 0 saturated heterocycles. The van der Waals surface area contributed by atoms with Gasteiger partial charge in [0.15, 0.2) is 0 Å². The van der Waals surface area contributed by atoms with Crippen LogP contribution in [0.15, 0.2) is 11.8 Å². The fourth-order valence-corrected chi connectivity index (χ4v) is 0.397. The Morgan fingerprint density at radius 3 is 1.79 bits per heavy atom. The van der Waals surface area contributed by atoms with Crippen molar-refractivity contribution in [1.82, 2.24) is 5.32 Å². The average Bonchev–Trinajstić information content (AvgIpc) is 2.00. The van der Waals surface area contributed by atoms with Crippen molar-refractivity contribution in [2.45, 2.75) is 12.4 Å². The molecule has 0 aromatic heterocycles. The Labute approximate surface area is 73.3 Å². The van der Waals surface area contributed by atoms with E-state index in [1.807, 2.05) is 0 Å². The van der Waals surface area contributed by atoms with Crippen LogP contribution in [0.2, 0.25) is 0 Å². The largest absolute Gasteiger partial charge is 0.484 e. The minimum absolute atomic E-state index is 0.0628. The number of rotatable bonds is 3. The molecule has 0 amide bonds. The average molecular weight is 227 g/mol. The number of hydrogen-bond donors (Lipinski definition) is 1. The molecule has 84 valence electrons. The third kappa shape index (κ3) is 3.81. The SMILES string of the molecule is COC(F)(F)/C(F)=C(\F)NC(F)(F)F. The van der Waals surface area contributed by atoms with E-state index >= 15 is 0 Å². The number of hydrogen-bond acceptors (Lipinski definition) is 2. The van der Waals surface area contributed by atoms with Gasteiger partial charge in [-0.05, 0) is 0 Å². The van der Waals surface area contributed by atoms with E-state index in [1.165, 1.54) is 0 Å². The number of halogens is 7. The van der Waals surface area contributed by atoms with Crippen molar-refractivity contribution in [2.24, 2.45) is 0 Å². The smallest absolute Gasteiger partial charge is 0.318 e. The molecular weight excluding hydrogens is 223 g/mol. The van der Waals surface area contributed by atoms with Gasteiger partial charge >= 0.3 is 12.4 Å². The summed E-state index contributed by atoms with van der Waals surface area (Å²) < 4.78 is 85.5. The molecule has 0 heterocycles. The molecule has 0 aliphatic rings. The molecule has 9 heteroatoms. The maximum atomic E-state index is 12.2. The van der Waals surface area contributed by atoms with Crippen LogP contribution in [0.5, 0.6) is 0 Å². The topological polar surface area (TPSA) is 21.3 Å². The Bertz CT molecular complexity index is 233. The van der Waals surface area contributed by atoms with Crippen LogP contribution >= 0.6 is 0 Å². The van der Waals surface area contributed by atoms with Gasteiger partial charge in [0.25, 0.3) is 5.83 Å². The van der Waals surface area contributed by atoms with Gasteiger partial charge in [-0.3, -0.25) is 5.32 Å². The first-order chi connectivity index (χ1) is 6.10. The normalized spacial score (nSPS) is 15.1. The van der Waals surface area contributed by atoms with Gasteiger partial charge in [0.1, 0.15) is 0 Å². The molecule has 0 aliphatic heterocycles. The lowest BCUT2D eigenvalue weighted by atomic mass is 10.5. The van der Waals surface area contributed by atoms with Crippen molar-refractivity contribution in [3.63, 3.8) is 0 Å². The lowest BCUT2D eigenvalue weighted by Gasteiger charge is -2.13. The summed E-state index contributed by atoms with van der Waals surface area (Å²) in [5.41, 5.74) is 0. The van der Waals surface area contributed by atoms with Gasteiger partial charge in [-0.15, -0.1) is 0 Å². The van der Waals surface area contributed by atoms with Gasteiger partial charge in [-0.25, -0.2) is 0 Å². The highest BCUT2D eigenvalue weighted by Crippen LogP contribution is 2.29. The number of nitrogens with one attached hydrogen (secondary N) is 1. The first kappa shape index (κ1) is 13.0. The number of methoxy groups -OCH3 is 1. The van der Waals surface area contributed by atoms with Crippen molar-refractivity contribution in [2.75, 3.05) is 7.11 Å². The Kier molecular flexibility index (Phi) is 3.74. The summed E-state index contributed by atoms with van der Waals surface area (Å²) in [6.07, 6.45) is -10.1. The van der Waals surface area contributed by atoms with Gasteiger partial charge in [-0.2, -0.15) is 30.7 Å². The van der Waals surface area contributed by atoms with Crippen molar-refractivity contribution >= 4 is 0 Å². The molecule has 0 bridgehead atoms. The van der Waals surface area contributed by atoms with Crippen molar-refractivity contribution in [3.05, 3.63) is 11.8 Å². The van der Waals surface area contributed by atoms with Crippen LogP contribution in [0.4, 0.5) is 30.7 Å². The van der Waals surface area contributed by atoms with E-state index in [-0.39, 0.29) is 5.32 Å². The van der Waals surface area contributed by atoms with Crippen molar-refractivity contribution < 1.29 is 35.5 Å². The van der Waals surface area contributed by atoms with Gasteiger partial charge in [-0.1, -0.05) is 0 Å². The van der Waals surface area contributed by atoms with Crippen LogP contribution in [-0.2, 0) is 4.74 Å². The quantitative estimate of drug-likeness (QED) is 0.590. The monoisotopic (exact) mass is 227 g/mol. The van der Waals surface area contributed by atoms with Gasteiger partial charge in [0.05, 0.1) is 0 Å². The molecule has 0 aromatic carbocycles. The van der Waals surface area contributed by atoms with Crippen LogP contribution in [0.1, 0.15) is 0 Å². The van der Waals surface area contributed by atoms with E-state index in [4.69, 9.17) is 0 Å². The number of alkyl halides is 5. The fraction of sp³-hybridized carbons (Fsp3) is 0.600. The molecule has 0 aliphatic carbocycles. The Morgan fingerprint density at radius 1 is 1.07 bits per heavy atom. The van der Waals surface area contributed by atoms with Crippen LogP contribution in [0.3, 0.4) is 0 Å². The van der Waals surface area contributed by atoms with E-state index in [9.17, 15) is 30.7 Å². The molecule has 0 radical (unpaired) electrons. The molecular formula is C5H4F7NO. The zero-order valence-electron chi connectivity index (χ0n) is 6.55. The first-order valence-electron chi connectivity index (χ1n) is 2.94. The minimum Gasteiger partial charge on any atom is -0.318 e. The highest BCUT2D eigenvalue weighted by atomic mass is 19.4. The molecule has 14 heavy (non-hydrogen) atoms.